The molecule has 19 heavy (non-hydrogen) atoms. The molecule has 0 unspecified atom stereocenters. The zero-order chi connectivity index (χ0) is 14.4. The van der Waals surface area contributed by atoms with Gasteiger partial charge in [0, 0.05) is 5.56 Å². The maximum Gasteiger partial charge on any atom is 0.238 e. The number of carbonyl (C=O) groups is 2. The lowest BCUT2D eigenvalue weighted by Crippen LogP contribution is -2.36. The SMILES string of the molecule is CN(CC(N)=O)CC(=O)Nc1ccccc1C(N)=S. The monoisotopic (exact) mass is 280 g/mol. The maximum atomic E-state index is 11.8. The third kappa shape index (κ3) is 5.02. The zero-order valence-electron chi connectivity index (χ0n) is 10.6. The number of anilines is 1. The maximum absolute atomic E-state index is 11.8. The van der Waals surface area contributed by atoms with E-state index in [9.17, 15) is 9.59 Å². The highest BCUT2D eigenvalue weighted by molar-refractivity contribution is 7.80. The van der Waals surface area contributed by atoms with Crippen LogP contribution < -0.4 is 16.8 Å². The molecule has 7 heteroatoms. The number of nitrogens with two attached hydrogens (primary N) is 2. The molecule has 102 valence electrons. The summed E-state index contributed by atoms with van der Waals surface area (Å²) in [5.41, 5.74) is 11.8. The molecule has 1 aromatic carbocycles. The molecule has 0 saturated heterocycles. The Labute approximate surface area is 116 Å². The van der Waals surface area contributed by atoms with Crippen molar-refractivity contribution in [1.29, 1.82) is 0 Å². The van der Waals surface area contributed by atoms with Gasteiger partial charge in [-0.3, -0.25) is 14.5 Å². The quantitative estimate of drug-likeness (QED) is 0.620. The number of hydrogen-bond acceptors (Lipinski definition) is 4. The lowest BCUT2D eigenvalue weighted by Gasteiger charge is -2.15. The first-order valence-electron chi connectivity index (χ1n) is 5.55. The molecular weight excluding hydrogens is 264 g/mol. The van der Waals surface area contributed by atoms with Crippen molar-refractivity contribution in [3.05, 3.63) is 29.8 Å². The molecular formula is C12H16N4O2S. The summed E-state index contributed by atoms with van der Waals surface area (Å²) in [6, 6.07) is 6.99. The summed E-state index contributed by atoms with van der Waals surface area (Å²) in [4.78, 5) is 24.2. The number of rotatable bonds is 6. The van der Waals surface area contributed by atoms with Gasteiger partial charge in [0.05, 0.1) is 18.8 Å². The second-order valence-corrected chi connectivity index (χ2v) is 4.54. The van der Waals surface area contributed by atoms with Gasteiger partial charge in [-0.15, -0.1) is 0 Å². The predicted octanol–water partition coefficient (Wildman–Crippen LogP) is -0.324. The summed E-state index contributed by atoms with van der Waals surface area (Å²) in [6.45, 7) is 0.0684. The summed E-state index contributed by atoms with van der Waals surface area (Å²) in [7, 11) is 1.63. The zero-order valence-corrected chi connectivity index (χ0v) is 11.4. The molecule has 2 amide bonds. The Hall–Kier alpha value is -1.99. The molecule has 0 heterocycles. The number of nitrogens with zero attached hydrogens (tertiary/aromatic N) is 1. The van der Waals surface area contributed by atoms with Gasteiger partial charge >= 0.3 is 0 Å². The van der Waals surface area contributed by atoms with Gasteiger partial charge in [-0.25, -0.2) is 0 Å². The molecule has 0 bridgehead atoms. The molecule has 0 atom stereocenters. The highest BCUT2D eigenvalue weighted by atomic mass is 32.1. The molecule has 0 spiro atoms. The summed E-state index contributed by atoms with van der Waals surface area (Å²) >= 11 is 4.90. The minimum absolute atomic E-state index is 0.0182. The van der Waals surface area contributed by atoms with Crippen LogP contribution in [0.1, 0.15) is 5.56 Å². The van der Waals surface area contributed by atoms with Gasteiger partial charge in [0.2, 0.25) is 11.8 Å². The Morgan fingerprint density at radius 2 is 1.89 bits per heavy atom. The largest absolute Gasteiger partial charge is 0.389 e. The molecule has 0 aliphatic carbocycles. The van der Waals surface area contributed by atoms with Crippen LogP contribution in [0.2, 0.25) is 0 Å². The van der Waals surface area contributed by atoms with Crippen LogP contribution in [0.5, 0.6) is 0 Å². The third-order valence-corrected chi connectivity index (χ3v) is 2.53. The number of thiocarbonyl (C=S) groups is 1. The number of benzene rings is 1. The van der Waals surface area contributed by atoms with Crippen molar-refractivity contribution in [1.82, 2.24) is 4.90 Å². The van der Waals surface area contributed by atoms with Crippen LogP contribution in [0.4, 0.5) is 5.69 Å². The number of hydrogen-bond donors (Lipinski definition) is 3. The van der Waals surface area contributed by atoms with Crippen LogP contribution in [0.15, 0.2) is 24.3 Å². The van der Waals surface area contributed by atoms with Gasteiger partial charge in [-0.1, -0.05) is 24.4 Å². The van der Waals surface area contributed by atoms with E-state index in [1.807, 2.05) is 0 Å². The van der Waals surface area contributed by atoms with Crippen molar-refractivity contribution in [2.45, 2.75) is 0 Å². The molecule has 0 saturated carbocycles. The number of para-hydroxylation sites is 1. The minimum Gasteiger partial charge on any atom is -0.389 e. The normalized spacial score (nSPS) is 10.2. The Morgan fingerprint density at radius 1 is 1.26 bits per heavy atom. The standard InChI is InChI=1S/C12H16N4O2S/c1-16(6-10(13)17)7-11(18)15-9-5-3-2-4-8(9)12(14)19/h2-5H,6-7H2,1H3,(H2,13,17)(H2,14,19)(H,15,18). The van der Waals surface area contributed by atoms with Crippen LogP contribution in [0.25, 0.3) is 0 Å². The minimum atomic E-state index is -0.487. The van der Waals surface area contributed by atoms with Crippen molar-refractivity contribution >= 4 is 34.7 Å². The van der Waals surface area contributed by atoms with E-state index in [1.165, 1.54) is 4.90 Å². The highest BCUT2D eigenvalue weighted by Crippen LogP contribution is 2.14. The topological polar surface area (TPSA) is 101 Å². The first-order chi connectivity index (χ1) is 8.90. The fraction of sp³-hybridized carbons (Fsp3) is 0.250. The van der Waals surface area contributed by atoms with Crippen LogP contribution in [-0.2, 0) is 9.59 Å². The van der Waals surface area contributed by atoms with Crippen molar-refractivity contribution < 1.29 is 9.59 Å². The molecule has 0 aromatic heterocycles. The van der Waals surface area contributed by atoms with Crippen molar-refractivity contribution in [3.8, 4) is 0 Å². The molecule has 0 aliphatic rings. The first-order valence-corrected chi connectivity index (χ1v) is 5.96. The van der Waals surface area contributed by atoms with Crippen molar-refractivity contribution in [2.24, 2.45) is 11.5 Å². The predicted molar refractivity (Wildman–Crippen MR) is 77.7 cm³/mol. The lowest BCUT2D eigenvalue weighted by atomic mass is 10.2. The molecule has 1 aromatic rings. The second kappa shape index (κ2) is 6.81. The van der Waals surface area contributed by atoms with Crippen molar-refractivity contribution in [2.75, 3.05) is 25.5 Å². The molecule has 0 aliphatic heterocycles. The molecule has 6 nitrogen and oxygen atoms in total. The number of amides is 2. The van der Waals surface area contributed by atoms with E-state index in [4.69, 9.17) is 23.7 Å². The van der Waals surface area contributed by atoms with E-state index in [2.05, 4.69) is 5.32 Å². The van der Waals surface area contributed by atoms with E-state index in [0.717, 1.165) is 0 Å². The van der Waals surface area contributed by atoms with E-state index < -0.39 is 5.91 Å². The van der Waals surface area contributed by atoms with E-state index in [0.29, 0.717) is 11.3 Å². The Morgan fingerprint density at radius 3 is 2.47 bits per heavy atom. The van der Waals surface area contributed by atoms with Crippen LogP contribution in [-0.4, -0.2) is 41.8 Å². The Bertz CT molecular complexity index is 504. The van der Waals surface area contributed by atoms with E-state index >= 15 is 0 Å². The van der Waals surface area contributed by atoms with Gasteiger partial charge < -0.3 is 16.8 Å². The summed E-state index contributed by atoms with van der Waals surface area (Å²) in [5.74, 6) is -0.758. The number of nitrogens with one attached hydrogen (secondary N) is 1. The van der Waals surface area contributed by atoms with Crippen LogP contribution in [0, 0.1) is 0 Å². The van der Waals surface area contributed by atoms with Crippen LogP contribution >= 0.6 is 12.2 Å². The molecule has 5 N–H and O–H groups in total. The molecule has 0 fully saturated rings. The molecule has 1 rings (SSSR count). The van der Waals surface area contributed by atoms with Gasteiger partial charge in [0.25, 0.3) is 0 Å². The summed E-state index contributed by atoms with van der Waals surface area (Å²) < 4.78 is 0. The van der Waals surface area contributed by atoms with Crippen LogP contribution in [0.3, 0.4) is 0 Å². The van der Waals surface area contributed by atoms with Gasteiger partial charge in [0.15, 0.2) is 0 Å². The van der Waals surface area contributed by atoms with E-state index in [-0.39, 0.29) is 24.0 Å². The van der Waals surface area contributed by atoms with Gasteiger partial charge in [-0.2, -0.15) is 0 Å². The third-order valence-electron chi connectivity index (χ3n) is 2.31. The lowest BCUT2D eigenvalue weighted by molar-refractivity contribution is -0.120. The smallest absolute Gasteiger partial charge is 0.238 e. The summed E-state index contributed by atoms with van der Waals surface area (Å²) in [5, 5.41) is 2.70. The average molecular weight is 280 g/mol. The number of primary amides is 1. The number of carbonyl (C=O) groups excluding carboxylic acids is 2. The number of likely N-dealkylation sites (N-methyl/N-ethyl adjacent to an activating group) is 1. The fourth-order valence-corrected chi connectivity index (χ4v) is 1.74. The van der Waals surface area contributed by atoms with Crippen molar-refractivity contribution in [3.63, 3.8) is 0 Å². The Balaban J connectivity index is 2.67. The molecule has 0 radical (unpaired) electrons. The highest BCUT2D eigenvalue weighted by Gasteiger charge is 2.11. The van der Waals surface area contributed by atoms with E-state index in [1.54, 1.807) is 31.3 Å². The fourth-order valence-electron chi connectivity index (χ4n) is 1.56. The average Bonchev–Trinajstić information content (AvgIpc) is 2.27. The summed E-state index contributed by atoms with van der Waals surface area (Å²) in [6.07, 6.45) is 0. The van der Waals surface area contributed by atoms with Gasteiger partial charge in [0.1, 0.15) is 4.99 Å². The first kappa shape index (κ1) is 15.1. The van der Waals surface area contributed by atoms with Gasteiger partial charge in [-0.05, 0) is 19.2 Å². The Kier molecular flexibility index (Phi) is 5.40. The second-order valence-electron chi connectivity index (χ2n) is 4.10.